The number of nitrogens with two attached hydrogens (primary N) is 1. The van der Waals surface area contributed by atoms with Crippen molar-refractivity contribution in [2.24, 2.45) is 11.1 Å². The van der Waals surface area contributed by atoms with E-state index in [1.54, 1.807) is 6.54 Å². The van der Waals surface area contributed by atoms with Gasteiger partial charge in [-0.3, -0.25) is 6.54 Å². The van der Waals surface area contributed by atoms with Gasteiger partial charge in [-0.15, -0.1) is 5.41 Å². The molecule has 1 nitrogen and oxygen atoms in total. The summed E-state index contributed by atoms with van der Waals surface area (Å²) in [6, 6.07) is 0. The molecule has 0 saturated carbocycles. The molecule has 0 rings (SSSR count). The molecule has 0 aromatic rings. The summed E-state index contributed by atoms with van der Waals surface area (Å²) in [5.41, 5.74) is 5.56. The molecule has 0 aromatic heterocycles. The largest absolute Gasteiger partial charge is 0.483 e. The fourth-order valence-electron chi connectivity index (χ4n) is 1.17. The van der Waals surface area contributed by atoms with Crippen LogP contribution in [-0.2, 0) is 18.6 Å². The van der Waals surface area contributed by atoms with Gasteiger partial charge >= 0.3 is 0 Å². The van der Waals surface area contributed by atoms with Crippen LogP contribution in [0.1, 0.15) is 34.1 Å². The van der Waals surface area contributed by atoms with E-state index in [2.05, 4.69) is 40.3 Å². The number of hydrogen-bond acceptors (Lipinski definition) is 2. The first-order chi connectivity index (χ1) is 4.27. The molecule has 0 amide bonds. The van der Waals surface area contributed by atoms with Crippen LogP contribution >= 0.6 is 12.6 Å². The molecule has 0 fully saturated rings. The van der Waals surface area contributed by atoms with Crippen LogP contribution in [-0.4, -0.2) is 4.75 Å². The Bertz CT molecular complexity index is 107. The molecule has 1 radical (unpaired) electrons. The zero-order chi connectivity index (χ0) is 8.41. The van der Waals surface area contributed by atoms with Crippen LogP contribution < -0.4 is 5.73 Å². The SMILES string of the molecule is CC(C)(S)CC(C)(C)[CH-]N.[V]. The standard InChI is InChI=1S/C8H18NS.V/c1-7(2,6-9)5-8(3,4)10;/h6,10H,5,9H2,1-4H3;/q-1;. The minimum Gasteiger partial charge on any atom is -0.483 e. The Kier molecular flexibility index (Phi) is 6.30. The van der Waals surface area contributed by atoms with Gasteiger partial charge in [-0.2, -0.15) is 12.6 Å². The van der Waals surface area contributed by atoms with E-state index >= 15 is 0 Å². The second kappa shape index (κ2) is 4.81. The Morgan fingerprint density at radius 3 is 1.73 bits per heavy atom. The van der Waals surface area contributed by atoms with Gasteiger partial charge in [-0.05, 0) is 0 Å². The van der Waals surface area contributed by atoms with E-state index in [0.29, 0.717) is 0 Å². The van der Waals surface area contributed by atoms with E-state index in [-0.39, 0.29) is 28.7 Å². The molecule has 3 heteroatoms. The fraction of sp³-hybridized carbons (Fsp3) is 0.875. The average Bonchev–Trinajstić information content (AvgIpc) is 1.60. The minimum atomic E-state index is 0. The molecular weight excluding hydrogens is 193 g/mol. The van der Waals surface area contributed by atoms with Crippen molar-refractivity contribution in [2.75, 3.05) is 0 Å². The molecule has 0 unspecified atom stereocenters. The molecule has 0 aliphatic carbocycles. The Morgan fingerprint density at radius 2 is 1.64 bits per heavy atom. The van der Waals surface area contributed by atoms with Gasteiger partial charge in [0.05, 0.1) is 0 Å². The van der Waals surface area contributed by atoms with Crippen LogP contribution in [0.15, 0.2) is 0 Å². The summed E-state index contributed by atoms with van der Waals surface area (Å²) in [7, 11) is 0. The molecule has 0 bridgehead atoms. The molecule has 0 aromatic carbocycles. The van der Waals surface area contributed by atoms with E-state index in [9.17, 15) is 0 Å². The number of hydrogen-bond donors (Lipinski definition) is 2. The van der Waals surface area contributed by atoms with Gasteiger partial charge in [0.15, 0.2) is 0 Å². The van der Waals surface area contributed by atoms with Gasteiger partial charge in [0, 0.05) is 23.3 Å². The second-order valence-corrected chi connectivity index (χ2v) is 5.36. The smallest absolute Gasteiger partial charge is 0.00540 e. The predicted octanol–water partition coefficient (Wildman–Crippen LogP) is 2.23. The number of rotatable bonds is 3. The predicted molar refractivity (Wildman–Crippen MR) is 50.0 cm³/mol. The number of thiol groups is 1. The maximum absolute atomic E-state index is 5.45. The second-order valence-electron chi connectivity index (χ2n) is 4.14. The molecule has 0 atom stereocenters. The normalized spacial score (nSPS) is 12.5. The van der Waals surface area contributed by atoms with Crippen molar-refractivity contribution in [1.82, 2.24) is 0 Å². The summed E-state index contributed by atoms with van der Waals surface area (Å²) in [5.74, 6) is 0. The van der Waals surface area contributed by atoms with E-state index in [1.807, 2.05) is 0 Å². The van der Waals surface area contributed by atoms with Crippen molar-refractivity contribution < 1.29 is 18.6 Å². The third kappa shape index (κ3) is 8.80. The molecule has 0 spiro atoms. The Morgan fingerprint density at radius 1 is 1.27 bits per heavy atom. The van der Waals surface area contributed by atoms with Crippen LogP contribution in [0.2, 0.25) is 0 Å². The molecule has 11 heavy (non-hydrogen) atoms. The molecule has 2 N–H and O–H groups in total. The first-order valence-electron chi connectivity index (χ1n) is 3.55. The van der Waals surface area contributed by atoms with Crippen LogP contribution in [0, 0.1) is 12.0 Å². The quantitative estimate of drug-likeness (QED) is 0.543. The Labute approximate surface area is 87.8 Å². The van der Waals surface area contributed by atoms with E-state index in [4.69, 9.17) is 5.73 Å². The van der Waals surface area contributed by atoms with Crippen molar-refractivity contribution in [3.8, 4) is 0 Å². The summed E-state index contributed by atoms with van der Waals surface area (Å²) in [6.45, 7) is 10.2. The molecule has 0 aliphatic rings. The molecule has 67 valence electrons. The fourth-order valence-corrected chi connectivity index (χ4v) is 1.58. The van der Waals surface area contributed by atoms with Crippen molar-refractivity contribution in [3.63, 3.8) is 0 Å². The maximum atomic E-state index is 5.45. The minimum absolute atomic E-state index is 0. The van der Waals surface area contributed by atoms with E-state index in [0.717, 1.165) is 6.42 Å². The first kappa shape index (κ1) is 14.4. The Hall–Kier alpha value is 0.894. The maximum Gasteiger partial charge on any atom is 0.00540 e. The molecule has 0 aliphatic heterocycles. The Balaban J connectivity index is 0. The topological polar surface area (TPSA) is 26.0 Å². The van der Waals surface area contributed by atoms with Crippen LogP contribution in [0.4, 0.5) is 0 Å². The monoisotopic (exact) mass is 211 g/mol. The van der Waals surface area contributed by atoms with E-state index < -0.39 is 0 Å². The molecular formula is C8H18NSV-. The molecule has 0 saturated heterocycles. The third-order valence-corrected chi connectivity index (χ3v) is 1.50. The van der Waals surface area contributed by atoms with Gasteiger partial charge in [-0.1, -0.05) is 34.1 Å². The first-order valence-corrected chi connectivity index (χ1v) is 4.00. The van der Waals surface area contributed by atoms with Crippen molar-refractivity contribution in [3.05, 3.63) is 6.54 Å². The van der Waals surface area contributed by atoms with Crippen LogP contribution in [0.5, 0.6) is 0 Å². The summed E-state index contributed by atoms with van der Waals surface area (Å²) in [4.78, 5) is 0. The summed E-state index contributed by atoms with van der Waals surface area (Å²) < 4.78 is 0.0688. The van der Waals surface area contributed by atoms with Gasteiger partial charge in [0.1, 0.15) is 0 Å². The molecule has 0 heterocycles. The summed E-state index contributed by atoms with van der Waals surface area (Å²) in [5, 5.41) is 0. The van der Waals surface area contributed by atoms with Crippen molar-refractivity contribution >= 4 is 12.6 Å². The van der Waals surface area contributed by atoms with Crippen molar-refractivity contribution in [2.45, 2.75) is 38.9 Å². The zero-order valence-corrected chi connectivity index (χ0v) is 10.0. The summed E-state index contributed by atoms with van der Waals surface area (Å²) in [6.07, 6.45) is 1.000. The zero-order valence-electron chi connectivity index (χ0n) is 7.76. The van der Waals surface area contributed by atoms with Crippen molar-refractivity contribution in [1.29, 1.82) is 0 Å². The van der Waals surface area contributed by atoms with Gasteiger partial charge in [0.25, 0.3) is 0 Å². The van der Waals surface area contributed by atoms with E-state index in [1.165, 1.54) is 0 Å². The van der Waals surface area contributed by atoms with Crippen LogP contribution in [0.3, 0.4) is 0 Å². The van der Waals surface area contributed by atoms with Gasteiger partial charge < -0.3 is 5.73 Å². The third-order valence-electron chi connectivity index (χ3n) is 1.34. The van der Waals surface area contributed by atoms with Crippen LogP contribution in [0.25, 0.3) is 0 Å². The average molecular weight is 211 g/mol. The summed E-state index contributed by atoms with van der Waals surface area (Å²) >= 11 is 4.43. The van der Waals surface area contributed by atoms with Gasteiger partial charge in [-0.25, -0.2) is 0 Å². The van der Waals surface area contributed by atoms with Gasteiger partial charge in [0.2, 0.25) is 0 Å².